The van der Waals surface area contributed by atoms with Crippen LogP contribution in [0.4, 0.5) is 0 Å². The van der Waals surface area contributed by atoms with Gasteiger partial charge in [-0.3, -0.25) is 4.90 Å². The zero-order valence-corrected chi connectivity index (χ0v) is 11.4. The molecule has 1 N–H and O–H groups in total. The lowest BCUT2D eigenvalue weighted by Crippen LogP contribution is -2.52. The molecule has 0 radical (unpaired) electrons. The van der Waals surface area contributed by atoms with Gasteiger partial charge in [-0.25, -0.2) is 0 Å². The van der Waals surface area contributed by atoms with Crippen LogP contribution in [0.1, 0.15) is 52.9 Å². The first-order chi connectivity index (χ1) is 7.52. The van der Waals surface area contributed by atoms with E-state index in [0.717, 1.165) is 18.0 Å². The van der Waals surface area contributed by atoms with Crippen molar-refractivity contribution >= 4 is 0 Å². The van der Waals surface area contributed by atoms with Crippen LogP contribution in [0.2, 0.25) is 0 Å². The van der Waals surface area contributed by atoms with E-state index < -0.39 is 0 Å². The molecule has 0 aliphatic carbocycles. The Morgan fingerprint density at radius 3 is 2.12 bits per heavy atom. The number of piperidine rings is 1. The van der Waals surface area contributed by atoms with Crippen LogP contribution in [0.5, 0.6) is 0 Å². The molecule has 16 heavy (non-hydrogen) atoms. The topological polar surface area (TPSA) is 15.3 Å². The highest BCUT2D eigenvalue weighted by molar-refractivity contribution is 4.99. The van der Waals surface area contributed by atoms with E-state index in [0.29, 0.717) is 5.54 Å². The second-order valence-electron chi connectivity index (χ2n) is 6.69. The fourth-order valence-corrected chi connectivity index (χ4v) is 3.97. The summed E-state index contributed by atoms with van der Waals surface area (Å²) in [4.78, 5) is 2.81. The maximum Gasteiger partial charge on any atom is 0.0130 e. The van der Waals surface area contributed by atoms with Crippen molar-refractivity contribution in [3.8, 4) is 0 Å². The van der Waals surface area contributed by atoms with Crippen molar-refractivity contribution in [3.05, 3.63) is 0 Å². The summed E-state index contributed by atoms with van der Waals surface area (Å²) in [6.07, 6.45) is 7.14. The van der Waals surface area contributed by atoms with Gasteiger partial charge in [0.1, 0.15) is 0 Å². The molecule has 2 heterocycles. The molecule has 2 bridgehead atoms. The normalized spacial score (nSPS) is 35.6. The van der Waals surface area contributed by atoms with Gasteiger partial charge in [0.25, 0.3) is 0 Å². The van der Waals surface area contributed by atoms with E-state index in [2.05, 4.69) is 38.0 Å². The SMILES string of the molecule is CNCCC1CC2CCC(C1)N2C(C)(C)C. The van der Waals surface area contributed by atoms with Crippen LogP contribution in [0, 0.1) is 5.92 Å². The molecule has 0 saturated carbocycles. The Labute approximate surface area is 101 Å². The third-order valence-electron chi connectivity index (χ3n) is 4.41. The van der Waals surface area contributed by atoms with Crippen molar-refractivity contribution < 1.29 is 0 Å². The van der Waals surface area contributed by atoms with Gasteiger partial charge < -0.3 is 5.32 Å². The van der Waals surface area contributed by atoms with E-state index in [1.165, 1.54) is 38.6 Å². The summed E-state index contributed by atoms with van der Waals surface area (Å²) < 4.78 is 0. The molecule has 0 aromatic carbocycles. The van der Waals surface area contributed by atoms with Crippen LogP contribution < -0.4 is 5.32 Å². The lowest BCUT2D eigenvalue weighted by atomic mass is 9.85. The minimum atomic E-state index is 0.375. The van der Waals surface area contributed by atoms with Crippen molar-refractivity contribution in [1.82, 2.24) is 10.2 Å². The first kappa shape index (κ1) is 12.4. The standard InChI is InChI=1S/C14H28N2/c1-14(2,3)16-12-5-6-13(16)10-11(9-12)7-8-15-4/h11-13,15H,5-10H2,1-4H3. The lowest BCUT2D eigenvalue weighted by Gasteiger charge is -2.47. The van der Waals surface area contributed by atoms with Crippen LogP contribution in [0.15, 0.2) is 0 Å². The van der Waals surface area contributed by atoms with E-state index >= 15 is 0 Å². The fourth-order valence-electron chi connectivity index (χ4n) is 3.97. The molecule has 94 valence electrons. The molecule has 2 heteroatoms. The van der Waals surface area contributed by atoms with Gasteiger partial charge in [0.2, 0.25) is 0 Å². The van der Waals surface area contributed by atoms with Crippen molar-refractivity contribution in [2.75, 3.05) is 13.6 Å². The summed E-state index contributed by atoms with van der Waals surface area (Å²) in [6, 6.07) is 1.75. The number of nitrogens with one attached hydrogen (secondary N) is 1. The van der Waals surface area contributed by atoms with Gasteiger partial charge in [-0.05, 0) is 72.4 Å². The number of rotatable bonds is 3. The summed E-state index contributed by atoms with van der Waals surface area (Å²) in [7, 11) is 2.07. The van der Waals surface area contributed by atoms with Crippen LogP contribution in [0.25, 0.3) is 0 Å². The highest BCUT2D eigenvalue weighted by Gasteiger charge is 2.44. The molecule has 2 rings (SSSR count). The highest BCUT2D eigenvalue weighted by Crippen LogP contribution is 2.43. The van der Waals surface area contributed by atoms with Gasteiger partial charge >= 0.3 is 0 Å². The van der Waals surface area contributed by atoms with Gasteiger partial charge in [-0.15, -0.1) is 0 Å². The fraction of sp³-hybridized carbons (Fsp3) is 1.00. The highest BCUT2D eigenvalue weighted by atomic mass is 15.3. The zero-order valence-electron chi connectivity index (χ0n) is 11.4. The zero-order chi connectivity index (χ0) is 11.8. The maximum atomic E-state index is 3.29. The van der Waals surface area contributed by atoms with Gasteiger partial charge in [0.05, 0.1) is 0 Å². The van der Waals surface area contributed by atoms with Gasteiger partial charge in [-0.1, -0.05) is 0 Å². The molecular formula is C14H28N2. The molecule has 0 aromatic rings. The molecule has 2 aliphatic rings. The smallest absolute Gasteiger partial charge is 0.0130 e. The molecule has 2 atom stereocenters. The first-order valence-electron chi connectivity index (χ1n) is 6.95. The van der Waals surface area contributed by atoms with Crippen molar-refractivity contribution in [3.63, 3.8) is 0 Å². The summed E-state index contributed by atoms with van der Waals surface area (Å²) in [5, 5.41) is 3.29. The molecule has 2 saturated heterocycles. The number of fused-ring (bicyclic) bond motifs is 2. The molecule has 2 fully saturated rings. The Hall–Kier alpha value is -0.0800. The van der Waals surface area contributed by atoms with Crippen LogP contribution >= 0.6 is 0 Å². The molecule has 0 amide bonds. The quantitative estimate of drug-likeness (QED) is 0.793. The second kappa shape index (κ2) is 4.66. The van der Waals surface area contributed by atoms with Crippen molar-refractivity contribution in [2.24, 2.45) is 5.92 Å². The molecule has 2 aliphatic heterocycles. The predicted molar refractivity (Wildman–Crippen MR) is 69.7 cm³/mol. The Morgan fingerprint density at radius 2 is 1.69 bits per heavy atom. The van der Waals surface area contributed by atoms with E-state index in [4.69, 9.17) is 0 Å². The summed E-state index contributed by atoms with van der Waals surface area (Å²) in [5.41, 5.74) is 0.375. The molecule has 2 nitrogen and oxygen atoms in total. The number of nitrogens with zero attached hydrogens (tertiary/aromatic N) is 1. The largest absolute Gasteiger partial charge is 0.320 e. The third kappa shape index (κ3) is 2.43. The number of hydrogen-bond acceptors (Lipinski definition) is 2. The minimum absolute atomic E-state index is 0.375. The monoisotopic (exact) mass is 224 g/mol. The predicted octanol–water partition coefficient (Wildman–Crippen LogP) is 2.64. The molecular weight excluding hydrogens is 196 g/mol. The molecule has 0 aromatic heterocycles. The first-order valence-corrected chi connectivity index (χ1v) is 6.95. The minimum Gasteiger partial charge on any atom is -0.320 e. The second-order valence-corrected chi connectivity index (χ2v) is 6.69. The van der Waals surface area contributed by atoms with Crippen LogP contribution in [-0.4, -0.2) is 36.1 Å². The average Bonchev–Trinajstić information content (AvgIpc) is 2.48. The Bertz CT molecular complexity index is 217. The van der Waals surface area contributed by atoms with E-state index in [1.54, 1.807) is 0 Å². The van der Waals surface area contributed by atoms with Crippen LogP contribution in [0.3, 0.4) is 0 Å². The summed E-state index contributed by atoms with van der Waals surface area (Å²) in [6.45, 7) is 8.34. The van der Waals surface area contributed by atoms with Crippen molar-refractivity contribution in [2.45, 2.75) is 70.5 Å². The average molecular weight is 224 g/mol. The number of hydrogen-bond donors (Lipinski definition) is 1. The van der Waals surface area contributed by atoms with E-state index in [9.17, 15) is 0 Å². The van der Waals surface area contributed by atoms with Gasteiger partial charge in [-0.2, -0.15) is 0 Å². The van der Waals surface area contributed by atoms with Crippen LogP contribution in [-0.2, 0) is 0 Å². The molecule has 2 unspecified atom stereocenters. The molecule has 0 spiro atoms. The van der Waals surface area contributed by atoms with Gasteiger partial charge in [0, 0.05) is 17.6 Å². The van der Waals surface area contributed by atoms with Gasteiger partial charge in [0.15, 0.2) is 0 Å². The summed E-state index contributed by atoms with van der Waals surface area (Å²) in [5.74, 6) is 0.976. The Balaban J connectivity index is 1.96. The third-order valence-corrected chi connectivity index (χ3v) is 4.41. The summed E-state index contributed by atoms with van der Waals surface area (Å²) >= 11 is 0. The lowest BCUT2D eigenvalue weighted by molar-refractivity contribution is 0.0207. The van der Waals surface area contributed by atoms with E-state index in [1.807, 2.05) is 0 Å². The Kier molecular flexibility index (Phi) is 3.60. The van der Waals surface area contributed by atoms with Crippen molar-refractivity contribution in [1.29, 1.82) is 0 Å². The van der Waals surface area contributed by atoms with E-state index in [-0.39, 0.29) is 0 Å². The maximum absolute atomic E-state index is 3.29. The Morgan fingerprint density at radius 1 is 1.12 bits per heavy atom.